The van der Waals surface area contributed by atoms with Gasteiger partial charge in [-0.2, -0.15) is 15.6 Å². The summed E-state index contributed by atoms with van der Waals surface area (Å²) in [5.41, 5.74) is 4.16. The van der Waals surface area contributed by atoms with Crippen LogP contribution in [0.2, 0.25) is 0 Å². The lowest BCUT2D eigenvalue weighted by Crippen LogP contribution is -2.54. The van der Waals surface area contributed by atoms with Gasteiger partial charge in [0.15, 0.2) is 0 Å². The number of hydrogen-bond acceptors (Lipinski definition) is 7. The molecule has 10 heteroatoms. The van der Waals surface area contributed by atoms with Crippen molar-refractivity contribution in [1.82, 2.24) is 20.4 Å². The number of likely N-dealkylation sites (N-methyl/N-ethyl adjacent to an activating group) is 1. The molecule has 194 valence electrons. The predicted octanol–water partition coefficient (Wildman–Crippen LogP) is 2.82. The van der Waals surface area contributed by atoms with Gasteiger partial charge in [0.1, 0.15) is 12.1 Å². The van der Waals surface area contributed by atoms with Gasteiger partial charge < -0.3 is 20.9 Å². The van der Waals surface area contributed by atoms with E-state index in [9.17, 15) is 20.1 Å². The summed E-state index contributed by atoms with van der Waals surface area (Å²) in [6.45, 7) is 1.98. The van der Waals surface area contributed by atoms with E-state index in [0.29, 0.717) is 33.9 Å². The third kappa shape index (κ3) is 4.77. The Morgan fingerprint density at radius 1 is 1.10 bits per heavy atom. The summed E-state index contributed by atoms with van der Waals surface area (Å²) < 4.78 is 1.72. The van der Waals surface area contributed by atoms with Gasteiger partial charge in [0.05, 0.1) is 58.1 Å². The van der Waals surface area contributed by atoms with Crippen LogP contribution in [0.1, 0.15) is 23.7 Å². The third-order valence-corrected chi connectivity index (χ3v) is 6.84. The Morgan fingerprint density at radius 2 is 1.87 bits per heavy atom. The first-order valence-electron chi connectivity index (χ1n) is 12.5. The van der Waals surface area contributed by atoms with Crippen LogP contribution in [0.3, 0.4) is 0 Å². The molecule has 0 unspecified atom stereocenters. The van der Waals surface area contributed by atoms with Crippen LogP contribution in [0, 0.1) is 22.7 Å². The molecule has 4 aromatic rings. The molecular weight excluding hydrogens is 492 g/mol. The molecular formula is C29H26N8O2. The fourth-order valence-corrected chi connectivity index (χ4v) is 4.63. The van der Waals surface area contributed by atoms with Crippen LogP contribution < -0.4 is 20.9 Å². The fourth-order valence-electron chi connectivity index (χ4n) is 4.63. The number of anilines is 2. The summed E-state index contributed by atoms with van der Waals surface area (Å²) in [6.07, 6.45) is 0. The highest BCUT2D eigenvalue weighted by molar-refractivity contribution is 6.04. The largest absolute Gasteiger partial charge is 0.381 e. The lowest BCUT2D eigenvalue weighted by molar-refractivity contribution is -0.128. The van der Waals surface area contributed by atoms with E-state index in [1.807, 2.05) is 36.4 Å². The van der Waals surface area contributed by atoms with Crippen LogP contribution in [-0.2, 0) is 16.1 Å². The smallest absolute Gasteiger partial charge is 0.251 e. The van der Waals surface area contributed by atoms with E-state index < -0.39 is 12.1 Å². The average molecular weight is 519 g/mol. The van der Waals surface area contributed by atoms with Gasteiger partial charge in [-0.1, -0.05) is 30.3 Å². The zero-order valence-corrected chi connectivity index (χ0v) is 21.5. The van der Waals surface area contributed by atoms with Gasteiger partial charge in [-0.05, 0) is 50.4 Å². The molecule has 1 aromatic heterocycles. The number of amides is 2. The van der Waals surface area contributed by atoms with Crippen LogP contribution >= 0.6 is 0 Å². The maximum atomic E-state index is 13.9. The van der Waals surface area contributed by atoms with Crippen molar-refractivity contribution in [3.8, 4) is 17.8 Å². The maximum Gasteiger partial charge on any atom is 0.251 e. The maximum absolute atomic E-state index is 13.9. The number of benzene rings is 3. The SMILES string of the molecule is CN[C@@H](C)C(=O)N[C@H]1CNc2cc(C#N)ccc2N(Cc2nn(-c3ccccc3C#N)c3ccccc23)C1=O. The molecule has 39 heavy (non-hydrogen) atoms. The molecule has 0 spiro atoms. The van der Waals surface area contributed by atoms with Crippen molar-refractivity contribution in [2.45, 2.75) is 25.6 Å². The second-order valence-corrected chi connectivity index (χ2v) is 9.23. The Hall–Kier alpha value is -5.19. The monoisotopic (exact) mass is 518 g/mol. The zero-order chi connectivity index (χ0) is 27.5. The standard InChI is InChI=1S/C29H26N8O2/c1-18(32-2)28(38)34-23-16-33-22-13-19(14-30)11-12-27(22)36(29(23)39)17-24-21-8-4-6-10-26(21)37(35-24)25-9-5-3-7-20(25)15-31/h3-13,18,23,32-33H,16-17H2,1-2H3,(H,34,38)/t18-,23-/m0/s1. The summed E-state index contributed by atoms with van der Waals surface area (Å²) in [5.74, 6) is -0.609. The zero-order valence-electron chi connectivity index (χ0n) is 21.5. The number of para-hydroxylation sites is 2. The lowest BCUT2D eigenvalue weighted by atomic mass is 10.1. The van der Waals surface area contributed by atoms with E-state index in [-0.39, 0.29) is 24.9 Å². The van der Waals surface area contributed by atoms with Crippen molar-refractivity contribution >= 4 is 34.1 Å². The van der Waals surface area contributed by atoms with Gasteiger partial charge in [0.25, 0.3) is 5.91 Å². The summed E-state index contributed by atoms with van der Waals surface area (Å²) in [5, 5.41) is 33.8. The number of aromatic nitrogens is 2. The number of hydrogen-bond donors (Lipinski definition) is 3. The molecule has 0 saturated heterocycles. The Kier molecular flexibility index (Phi) is 6.96. The van der Waals surface area contributed by atoms with Crippen molar-refractivity contribution in [2.75, 3.05) is 23.8 Å². The molecule has 10 nitrogen and oxygen atoms in total. The number of rotatable bonds is 6. The highest BCUT2D eigenvalue weighted by Crippen LogP contribution is 2.33. The van der Waals surface area contributed by atoms with Crippen molar-refractivity contribution in [3.05, 3.63) is 83.6 Å². The number of fused-ring (bicyclic) bond motifs is 2. The first kappa shape index (κ1) is 25.5. The Balaban J connectivity index is 1.60. The predicted molar refractivity (Wildman–Crippen MR) is 147 cm³/mol. The van der Waals surface area contributed by atoms with E-state index in [1.54, 1.807) is 53.9 Å². The Labute approximate surface area is 225 Å². The minimum absolute atomic E-state index is 0.107. The van der Waals surface area contributed by atoms with Crippen LogP contribution in [0.5, 0.6) is 0 Å². The molecule has 0 bridgehead atoms. The first-order valence-corrected chi connectivity index (χ1v) is 12.5. The lowest BCUT2D eigenvalue weighted by Gasteiger charge is -2.25. The summed E-state index contributed by atoms with van der Waals surface area (Å²) >= 11 is 0. The van der Waals surface area contributed by atoms with Crippen molar-refractivity contribution in [1.29, 1.82) is 10.5 Å². The molecule has 0 aliphatic carbocycles. The van der Waals surface area contributed by atoms with Gasteiger partial charge in [-0.3, -0.25) is 9.59 Å². The molecule has 0 fully saturated rings. The average Bonchev–Trinajstić information content (AvgIpc) is 3.29. The van der Waals surface area contributed by atoms with Crippen LogP contribution in [0.25, 0.3) is 16.6 Å². The normalized spacial score (nSPS) is 15.4. The quantitative estimate of drug-likeness (QED) is 0.357. The van der Waals surface area contributed by atoms with Gasteiger partial charge in [0.2, 0.25) is 5.91 Å². The summed E-state index contributed by atoms with van der Waals surface area (Å²) in [6, 6.07) is 22.9. The molecule has 3 N–H and O–H groups in total. The van der Waals surface area contributed by atoms with Crippen molar-refractivity contribution < 1.29 is 9.59 Å². The van der Waals surface area contributed by atoms with Gasteiger partial charge in [0, 0.05) is 11.9 Å². The minimum Gasteiger partial charge on any atom is -0.381 e. The van der Waals surface area contributed by atoms with Crippen LogP contribution in [-0.4, -0.2) is 47.3 Å². The highest BCUT2D eigenvalue weighted by Gasteiger charge is 2.33. The molecule has 1 aliphatic heterocycles. The molecule has 0 radical (unpaired) electrons. The van der Waals surface area contributed by atoms with Crippen LogP contribution in [0.4, 0.5) is 11.4 Å². The van der Waals surface area contributed by atoms with E-state index in [0.717, 1.165) is 10.9 Å². The van der Waals surface area contributed by atoms with Crippen molar-refractivity contribution in [2.24, 2.45) is 0 Å². The first-order chi connectivity index (χ1) is 18.9. The second kappa shape index (κ2) is 10.7. The minimum atomic E-state index is -0.848. The van der Waals surface area contributed by atoms with E-state index in [2.05, 4.69) is 28.1 Å². The highest BCUT2D eigenvalue weighted by atomic mass is 16.2. The fraction of sp³-hybridized carbons (Fsp3) is 0.207. The summed E-state index contributed by atoms with van der Waals surface area (Å²) in [4.78, 5) is 28.2. The number of carbonyl (C=O) groups excluding carboxylic acids is 2. The molecule has 0 saturated carbocycles. The Bertz CT molecular complexity index is 1660. The van der Waals surface area contributed by atoms with E-state index >= 15 is 0 Å². The molecule has 2 atom stereocenters. The molecule has 2 amide bonds. The number of carbonyl (C=O) groups is 2. The van der Waals surface area contributed by atoms with Gasteiger partial charge in [-0.15, -0.1) is 0 Å². The molecule has 5 rings (SSSR count). The second-order valence-electron chi connectivity index (χ2n) is 9.23. The summed E-state index contributed by atoms with van der Waals surface area (Å²) in [7, 11) is 1.68. The third-order valence-electron chi connectivity index (χ3n) is 6.84. The number of nitrogens with zero attached hydrogens (tertiary/aromatic N) is 5. The van der Waals surface area contributed by atoms with Gasteiger partial charge >= 0.3 is 0 Å². The molecule has 3 aromatic carbocycles. The topological polar surface area (TPSA) is 139 Å². The van der Waals surface area contributed by atoms with Crippen molar-refractivity contribution in [3.63, 3.8) is 0 Å². The van der Waals surface area contributed by atoms with E-state index in [1.165, 1.54) is 0 Å². The number of nitrogens with one attached hydrogen (secondary N) is 3. The Morgan fingerprint density at radius 3 is 2.64 bits per heavy atom. The number of nitriles is 2. The van der Waals surface area contributed by atoms with E-state index in [4.69, 9.17) is 5.10 Å². The van der Waals surface area contributed by atoms with Crippen LogP contribution in [0.15, 0.2) is 66.7 Å². The molecule has 1 aliphatic rings. The molecule has 2 heterocycles. The van der Waals surface area contributed by atoms with Gasteiger partial charge in [-0.25, -0.2) is 4.68 Å².